The van der Waals surface area contributed by atoms with Gasteiger partial charge in [0.1, 0.15) is 11.7 Å². The molecule has 8 heteroatoms. The zero-order valence-electron chi connectivity index (χ0n) is 11.8. The van der Waals surface area contributed by atoms with Gasteiger partial charge >= 0.3 is 12.1 Å². The molecule has 0 aromatic carbocycles. The minimum absolute atomic E-state index is 0.172. The zero-order chi connectivity index (χ0) is 16.5. The summed E-state index contributed by atoms with van der Waals surface area (Å²) in [5, 5.41) is 9.21. The maximum atomic E-state index is 12.5. The summed E-state index contributed by atoms with van der Waals surface area (Å²) in [7, 11) is 0. The predicted octanol–water partition coefficient (Wildman–Crippen LogP) is 2.43. The van der Waals surface area contributed by atoms with Gasteiger partial charge in [-0.05, 0) is 30.9 Å². The summed E-state index contributed by atoms with van der Waals surface area (Å²) in [4.78, 5) is 28.3. The molecule has 1 saturated heterocycles. The van der Waals surface area contributed by atoms with Crippen LogP contribution < -0.4 is 0 Å². The number of carbonyl (C=O) groups is 2. The molecule has 0 saturated carbocycles. The van der Waals surface area contributed by atoms with Gasteiger partial charge in [-0.25, -0.2) is 4.79 Å². The Morgan fingerprint density at radius 2 is 2.05 bits per heavy atom. The maximum Gasteiger partial charge on any atom is 0.417 e. The molecule has 0 radical (unpaired) electrons. The van der Waals surface area contributed by atoms with Crippen LogP contribution in [-0.4, -0.2) is 39.5 Å². The molecule has 5 nitrogen and oxygen atoms in total. The van der Waals surface area contributed by atoms with Crippen LogP contribution in [0.3, 0.4) is 0 Å². The highest BCUT2D eigenvalue weighted by atomic mass is 19.4. The molecule has 1 aromatic rings. The molecule has 0 spiro atoms. The molecule has 120 valence electrons. The van der Waals surface area contributed by atoms with Crippen molar-refractivity contribution in [3.8, 4) is 0 Å². The number of aliphatic carboxylic acids is 1. The highest BCUT2D eigenvalue weighted by molar-refractivity contribution is 5.95. The van der Waals surface area contributed by atoms with Crippen LogP contribution in [0.4, 0.5) is 13.2 Å². The van der Waals surface area contributed by atoms with Crippen molar-refractivity contribution < 1.29 is 27.9 Å². The molecular weight excluding hydrogens is 301 g/mol. The molecular formula is C14H15F3N2O3. The van der Waals surface area contributed by atoms with Gasteiger partial charge in [-0.3, -0.25) is 9.78 Å². The second kappa shape index (κ2) is 5.94. The van der Waals surface area contributed by atoms with E-state index in [4.69, 9.17) is 0 Å². The van der Waals surface area contributed by atoms with Gasteiger partial charge in [-0.2, -0.15) is 13.2 Å². The van der Waals surface area contributed by atoms with Crippen molar-refractivity contribution in [3.63, 3.8) is 0 Å². The Labute approximate surface area is 124 Å². The number of piperidine rings is 1. The summed E-state index contributed by atoms with van der Waals surface area (Å²) in [5.41, 5.74) is -1.14. The Kier molecular flexibility index (Phi) is 4.39. The average molecular weight is 316 g/mol. The first-order valence-electron chi connectivity index (χ1n) is 6.77. The number of hydrogen-bond acceptors (Lipinski definition) is 3. The normalized spacial score (nSPS) is 22.5. The number of halogens is 3. The van der Waals surface area contributed by atoms with Crippen molar-refractivity contribution in [2.24, 2.45) is 5.92 Å². The SMILES string of the molecule is CC1CCN(C(=O)c2ccc(C(F)(F)F)cn2)C(C(=O)O)C1. The number of carboxylic acid groups (broad SMARTS) is 1. The number of alkyl halides is 3. The standard InChI is InChI=1S/C14H15F3N2O3/c1-8-4-5-19(11(6-8)13(21)22)12(20)10-3-2-9(7-18-10)14(15,16)17/h2-3,7-8,11H,4-6H2,1H3,(H,21,22). The third-order valence-electron chi connectivity index (χ3n) is 3.72. The van der Waals surface area contributed by atoms with Crippen molar-refractivity contribution >= 4 is 11.9 Å². The van der Waals surface area contributed by atoms with E-state index >= 15 is 0 Å². The van der Waals surface area contributed by atoms with E-state index in [1.807, 2.05) is 6.92 Å². The Balaban J connectivity index is 2.21. The van der Waals surface area contributed by atoms with E-state index in [-0.39, 0.29) is 18.2 Å². The molecule has 22 heavy (non-hydrogen) atoms. The molecule has 2 rings (SSSR count). The summed E-state index contributed by atoms with van der Waals surface area (Å²) < 4.78 is 37.4. The van der Waals surface area contributed by atoms with Crippen LogP contribution >= 0.6 is 0 Å². The third kappa shape index (κ3) is 3.37. The third-order valence-corrected chi connectivity index (χ3v) is 3.72. The minimum atomic E-state index is -4.53. The van der Waals surface area contributed by atoms with Gasteiger partial charge in [0.2, 0.25) is 0 Å². The predicted molar refractivity (Wildman–Crippen MR) is 70.1 cm³/mol. The molecule has 1 aliphatic rings. The lowest BCUT2D eigenvalue weighted by atomic mass is 9.92. The van der Waals surface area contributed by atoms with E-state index < -0.39 is 29.7 Å². The van der Waals surface area contributed by atoms with Crippen molar-refractivity contribution in [2.45, 2.75) is 32.0 Å². The van der Waals surface area contributed by atoms with Crippen molar-refractivity contribution in [2.75, 3.05) is 6.54 Å². The van der Waals surface area contributed by atoms with Gasteiger partial charge in [-0.1, -0.05) is 6.92 Å². The van der Waals surface area contributed by atoms with E-state index in [1.165, 1.54) is 0 Å². The van der Waals surface area contributed by atoms with Crippen molar-refractivity contribution in [1.82, 2.24) is 9.88 Å². The first kappa shape index (κ1) is 16.3. The Hall–Kier alpha value is -2.12. The quantitative estimate of drug-likeness (QED) is 0.909. The second-order valence-electron chi connectivity index (χ2n) is 5.41. The van der Waals surface area contributed by atoms with Crippen LogP contribution in [0.15, 0.2) is 18.3 Å². The fraction of sp³-hybridized carbons (Fsp3) is 0.500. The molecule has 1 amide bonds. The monoisotopic (exact) mass is 316 g/mol. The van der Waals surface area contributed by atoms with Gasteiger partial charge in [0, 0.05) is 12.7 Å². The number of carboxylic acids is 1. The summed E-state index contributed by atoms with van der Waals surface area (Å²) >= 11 is 0. The van der Waals surface area contributed by atoms with Gasteiger partial charge in [0.05, 0.1) is 5.56 Å². The largest absolute Gasteiger partial charge is 0.480 e. The molecule has 1 N–H and O–H groups in total. The molecule has 2 atom stereocenters. The number of aromatic nitrogens is 1. The van der Waals surface area contributed by atoms with Crippen molar-refractivity contribution in [1.29, 1.82) is 0 Å². The number of amides is 1. The molecule has 1 fully saturated rings. The molecule has 1 aromatic heterocycles. The molecule has 1 aliphatic heterocycles. The molecule has 0 aliphatic carbocycles. The Morgan fingerprint density at radius 3 is 2.55 bits per heavy atom. The number of nitrogens with zero attached hydrogens (tertiary/aromatic N) is 2. The van der Waals surface area contributed by atoms with E-state index in [0.717, 1.165) is 17.0 Å². The number of hydrogen-bond donors (Lipinski definition) is 1. The lowest BCUT2D eigenvalue weighted by molar-refractivity contribution is -0.144. The Bertz CT molecular complexity index is 572. The van der Waals surface area contributed by atoms with Crippen LogP contribution in [0, 0.1) is 5.92 Å². The fourth-order valence-corrected chi connectivity index (χ4v) is 2.45. The molecule has 0 bridgehead atoms. The van der Waals surface area contributed by atoms with E-state index in [2.05, 4.69) is 4.98 Å². The van der Waals surface area contributed by atoms with Crippen LogP contribution in [-0.2, 0) is 11.0 Å². The van der Waals surface area contributed by atoms with Gasteiger partial charge in [0.15, 0.2) is 0 Å². The van der Waals surface area contributed by atoms with E-state index in [0.29, 0.717) is 19.0 Å². The lowest BCUT2D eigenvalue weighted by Gasteiger charge is -2.35. The van der Waals surface area contributed by atoms with Gasteiger partial charge < -0.3 is 10.0 Å². The second-order valence-corrected chi connectivity index (χ2v) is 5.41. The number of likely N-dealkylation sites (tertiary alicyclic amines) is 1. The maximum absolute atomic E-state index is 12.5. The summed E-state index contributed by atoms with van der Waals surface area (Å²) in [6, 6.07) is 0.769. The van der Waals surface area contributed by atoms with Crippen LogP contribution in [0.25, 0.3) is 0 Å². The zero-order valence-corrected chi connectivity index (χ0v) is 11.8. The molecule has 2 heterocycles. The summed E-state index contributed by atoms with van der Waals surface area (Å²) in [6.07, 6.45) is -2.98. The van der Waals surface area contributed by atoms with E-state index in [1.54, 1.807) is 0 Å². The highest BCUT2D eigenvalue weighted by Crippen LogP contribution is 2.29. The summed E-state index contributed by atoms with van der Waals surface area (Å²) in [5.74, 6) is -1.61. The number of rotatable bonds is 2. The van der Waals surface area contributed by atoms with Crippen LogP contribution in [0.1, 0.15) is 35.8 Å². The van der Waals surface area contributed by atoms with E-state index in [9.17, 15) is 27.9 Å². The first-order chi connectivity index (χ1) is 10.2. The number of carbonyl (C=O) groups excluding carboxylic acids is 1. The van der Waals surface area contributed by atoms with Gasteiger partial charge in [0.25, 0.3) is 5.91 Å². The lowest BCUT2D eigenvalue weighted by Crippen LogP contribution is -2.50. The van der Waals surface area contributed by atoms with Crippen LogP contribution in [0.2, 0.25) is 0 Å². The highest BCUT2D eigenvalue weighted by Gasteiger charge is 2.36. The fourth-order valence-electron chi connectivity index (χ4n) is 2.45. The Morgan fingerprint density at radius 1 is 1.36 bits per heavy atom. The number of pyridine rings is 1. The summed E-state index contributed by atoms with van der Waals surface area (Å²) in [6.45, 7) is 2.15. The van der Waals surface area contributed by atoms with Crippen molar-refractivity contribution in [3.05, 3.63) is 29.6 Å². The van der Waals surface area contributed by atoms with Crippen LogP contribution in [0.5, 0.6) is 0 Å². The minimum Gasteiger partial charge on any atom is -0.480 e. The molecule has 2 unspecified atom stereocenters. The average Bonchev–Trinajstić information content (AvgIpc) is 2.45. The van der Waals surface area contributed by atoms with Gasteiger partial charge in [-0.15, -0.1) is 0 Å². The topological polar surface area (TPSA) is 70.5 Å². The first-order valence-corrected chi connectivity index (χ1v) is 6.77. The smallest absolute Gasteiger partial charge is 0.417 e.